The molecule has 482 valence electrons. The second-order valence-electron chi connectivity index (χ2n) is 28.5. The molecule has 0 bridgehead atoms. The van der Waals surface area contributed by atoms with E-state index in [1.807, 2.05) is 0 Å². The number of nitrogens with two attached hydrogens (primary N) is 3. The number of hydrogen-bond acceptors (Lipinski definition) is 6. The second-order valence-corrected chi connectivity index (χ2v) is 28.5. The standard InChI is InChI=1S/C60.3C6H13NO2.10H2O/c1-2-5-6-3(1)8-12-10-4(1)9-11-7(2)17-21-13(5)23-24-14(6)22-18(8)28-20(12)30-26-16(10)15(9)25-29-19(11)27(17)37-41-31(21)33(23)43-44-34(24)32(22)42-38(28)48-40(30)46-36(26)35(25)45-39(29)47(37)55-49(41)51(43)57-52(44)50(42)56(48)59-54(46)53(45)58(55)60(57)59;3*7-5-3-1-2-4-6(8)9;;;;;;;;;;/h;3*1-5,7H2,(H,8,9);10*1H2. The Labute approximate surface area is 536 Å². The van der Waals surface area contributed by atoms with Crippen LogP contribution in [-0.4, -0.2) is 108 Å². The molecule has 32 rings (SSSR count). The van der Waals surface area contributed by atoms with E-state index >= 15 is 0 Å². The molecule has 32 aromatic carbocycles. The third-order valence-electron chi connectivity index (χ3n) is 25.8. The van der Waals surface area contributed by atoms with Crippen molar-refractivity contribution in [2.75, 3.05) is 19.6 Å². The third kappa shape index (κ3) is 4.49. The molecule has 97 heavy (non-hydrogen) atoms. The minimum absolute atomic E-state index is 0. The number of benzene rings is 20. The first-order chi connectivity index (χ1) is 42.8. The molecule has 0 aliphatic carbocycles. The van der Waals surface area contributed by atoms with Crippen LogP contribution in [0.4, 0.5) is 0 Å². The molecule has 0 aliphatic rings. The summed E-state index contributed by atoms with van der Waals surface area (Å²) in [6.45, 7) is 2.00. The monoisotopic (exact) mass is 1290 g/mol. The fourth-order valence-corrected chi connectivity index (χ4v) is 24.3. The topological polar surface area (TPSA) is 505 Å². The van der Waals surface area contributed by atoms with Crippen molar-refractivity contribution in [3.05, 3.63) is 0 Å². The fourth-order valence-electron chi connectivity index (χ4n) is 24.3. The number of carboxylic acids is 3. The van der Waals surface area contributed by atoms with Crippen molar-refractivity contribution >= 4 is 341 Å². The van der Waals surface area contributed by atoms with Crippen molar-refractivity contribution < 1.29 is 84.5 Å². The van der Waals surface area contributed by atoms with Gasteiger partial charge < -0.3 is 87.3 Å². The van der Waals surface area contributed by atoms with Crippen LogP contribution in [0.3, 0.4) is 0 Å². The summed E-state index contributed by atoms with van der Waals surface area (Å²) in [5.41, 5.74) is 15.6. The lowest BCUT2D eigenvalue weighted by Gasteiger charge is -2.14. The molecule has 0 aliphatic heterocycles. The quantitative estimate of drug-likeness (QED) is 0.0419. The number of unbranched alkanes of at least 4 members (excludes halogenated alkanes) is 6. The molecule has 0 unspecified atom stereocenters. The molecule has 0 heterocycles. The van der Waals surface area contributed by atoms with E-state index in [1.165, 1.54) is 0 Å². The van der Waals surface area contributed by atoms with Crippen molar-refractivity contribution in [2.45, 2.75) is 77.0 Å². The average molecular weight is 1290 g/mol. The minimum Gasteiger partial charge on any atom is -0.481 e. The molecule has 0 aromatic heterocycles. The van der Waals surface area contributed by atoms with Crippen LogP contribution in [0.25, 0.3) is 323 Å². The van der Waals surface area contributed by atoms with E-state index in [0.717, 1.165) is 57.8 Å². The van der Waals surface area contributed by atoms with Crippen molar-refractivity contribution in [3.63, 3.8) is 0 Å². The summed E-state index contributed by atoms with van der Waals surface area (Å²) in [5.74, 6) is -2.15. The Morgan fingerprint density at radius 3 is 0.278 bits per heavy atom. The van der Waals surface area contributed by atoms with Crippen LogP contribution in [0.2, 0.25) is 0 Å². The van der Waals surface area contributed by atoms with Crippen molar-refractivity contribution in [1.29, 1.82) is 0 Å². The molecule has 19 nitrogen and oxygen atoms in total. The second kappa shape index (κ2) is 16.5. The van der Waals surface area contributed by atoms with E-state index in [2.05, 4.69) is 0 Å². The largest absolute Gasteiger partial charge is 0.481 e. The van der Waals surface area contributed by atoms with Gasteiger partial charge in [-0.3, -0.25) is 14.4 Å². The predicted octanol–water partition coefficient (Wildman–Crippen LogP) is 11.3. The van der Waals surface area contributed by atoms with Gasteiger partial charge >= 0.3 is 17.9 Å². The fraction of sp³-hybridized carbons (Fsp3) is 0.192. The van der Waals surface area contributed by atoms with Gasteiger partial charge in [0.25, 0.3) is 0 Å². The van der Waals surface area contributed by atoms with Gasteiger partial charge in [0.1, 0.15) is 0 Å². The van der Waals surface area contributed by atoms with E-state index < -0.39 is 17.9 Å². The predicted molar refractivity (Wildman–Crippen MR) is 402 cm³/mol. The summed E-state index contributed by atoms with van der Waals surface area (Å²) in [7, 11) is 0. The van der Waals surface area contributed by atoms with Crippen molar-refractivity contribution in [3.8, 4) is 0 Å². The van der Waals surface area contributed by atoms with Crippen LogP contribution in [0, 0.1) is 0 Å². The van der Waals surface area contributed by atoms with Gasteiger partial charge in [0.05, 0.1) is 0 Å². The van der Waals surface area contributed by atoms with Gasteiger partial charge in [-0.25, -0.2) is 0 Å². The highest BCUT2D eigenvalue weighted by Crippen LogP contribution is 2.80. The maximum absolute atomic E-state index is 9.93. The zero-order valence-corrected chi connectivity index (χ0v) is 51.4. The van der Waals surface area contributed by atoms with Gasteiger partial charge in [0.2, 0.25) is 0 Å². The lowest BCUT2D eigenvalue weighted by Crippen LogP contribution is -1.99. The highest BCUT2D eigenvalue weighted by molar-refractivity contribution is 6.85. The highest BCUT2D eigenvalue weighted by atomic mass is 16.4. The van der Waals surface area contributed by atoms with E-state index in [9.17, 15) is 14.4 Å². The minimum atomic E-state index is -0.716. The van der Waals surface area contributed by atoms with E-state index in [1.54, 1.807) is 323 Å². The Balaban J connectivity index is 0.000000162. The first-order valence-electron chi connectivity index (χ1n) is 32.1. The lowest BCUT2D eigenvalue weighted by molar-refractivity contribution is -0.138. The van der Waals surface area contributed by atoms with Gasteiger partial charge in [0.15, 0.2) is 0 Å². The molecule has 32 aromatic rings. The smallest absolute Gasteiger partial charge is 0.303 e. The zero-order chi connectivity index (χ0) is 56.0. The maximum atomic E-state index is 9.93. The Bertz CT molecular complexity index is 4720. The van der Waals surface area contributed by atoms with Gasteiger partial charge in [-0.2, -0.15) is 0 Å². The van der Waals surface area contributed by atoms with Gasteiger partial charge in [-0.1, -0.05) is 19.3 Å². The molecule has 0 saturated carbocycles. The molecule has 0 saturated heterocycles. The lowest BCUT2D eigenvalue weighted by atomic mass is 9.88. The molecule has 0 radical (unpaired) electrons. The summed E-state index contributed by atoms with van der Waals surface area (Å²) in [6, 6.07) is 0. The number of carboxylic acid groups (broad SMARTS) is 3. The molecule has 0 amide bonds. The Morgan fingerprint density at radius 2 is 0.227 bits per heavy atom. The van der Waals surface area contributed by atoms with Crippen LogP contribution in [0.5, 0.6) is 0 Å². The Kier molecular flexibility index (Phi) is 10.2. The van der Waals surface area contributed by atoms with Crippen molar-refractivity contribution in [1.82, 2.24) is 0 Å². The van der Waals surface area contributed by atoms with Gasteiger partial charge in [0, 0.05) is 342 Å². The van der Waals surface area contributed by atoms with Crippen LogP contribution in [0.1, 0.15) is 77.0 Å². The number of aliphatic carboxylic acids is 3. The highest BCUT2D eigenvalue weighted by Gasteiger charge is 2.51. The molecule has 0 spiro atoms. The number of rotatable bonds is 15. The van der Waals surface area contributed by atoms with Crippen molar-refractivity contribution in [2.24, 2.45) is 17.2 Å². The van der Waals surface area contributed by atoms with Crippen LogP contribution in [-0.2, 0) is 14.4 Å². The summed E-state index contributed by atoms with van der Waals surface area (Å²) in [5, 5.41) is 125. The molecular formula is C78H59N3O16. The Morgan fingerprint density at radius 1 is 0.155 bits per heavy atom. The zero-order valence-electron chi connectivity index (χ0n) is 51.4. The summed E-state index contributed by atoms with van der Waals surface area (Å²) < 4.78 is 0. The van der Waals surface area contributed by atoms with Gasteiger partial charge in [-0.05, 0) is 58.2 Å². The van der Waals surface area contributed by atoms with Crippen LogP contribution < -0.4 is 17.2 Å². The van der Waals surface area contributed by atoms with E-state index in [4.69, 9.17) is 32.5 Å². The molecule has 19 heteroatoms. The van der Waals surface area contributed by atoms with Crippen LogP contribution >= 0.6 is 0 Å². The van der Waals surface area contributed by atoms with Gasteiger partial charge in [-0.15, -0.1) is 0 Å². The summed E-state index contributed by atoms with van der Waals surface area (Å²) >= 11 is 0. The normalized spacial score (nSPS) is 13.8. The van der Waals surface area contributed by atoms with Crippen LogP contribution in [0.15, 0.2) is 0 Å². The molecule has 0 fully saturated rings. The SMILES string of the molecule is NCCCCCC(=O)O.NCCCCCC(=O)O.NCCCCCC(=O)O.O.O.O.O.O.O.O.O.O.O.c12c3c4c5c1c1c6c7c2c2c8c3c3c9c4c4c%10c5c5c1c1c6c6c%11c7c2c2c7c8c3c3c8c9c4c4c9c%10c5c5c1c1c6c6c%11c2c2c7c3c3c8c4c4c9c5c1c1c6c2c3c41. The first-order valence-corrected chi connectivity index (χ1v) is 32.1. The average Bonchev–Trinajstić information content (AvgIpc) is 1.39. The third-order valence-corrected chi connectivity index (χ3v) is 25.8. The molecule has 0 atom stereocenters. The Hall–Kier alpha value is -9.91. The first kappa shape index (κ1) is 59.6. The van der Waals surface area contributed by atoms with E-state index in [-0.39, 0.29) is 74.0 Å². The summed E-state index contributed by atoms with van der Waals surface area (Å²) in [6.07, 6.45) is 8.72. The maximum Gasteiger partial charge on any atom is 0.303 e. The summed E-state index contributed by atoms with van der Waals surface area (Å²) in [4.78, 5) is 29.8. The molecule has 29 N–H and O–H groups in total. The number of carbonyl (C=O) groups is 3. The van der Waals surface area contributed by atoms with E-state index in [0.29, 0.717) is 19.6 Å². The molecular weight excluding hydrogens is 1230 g/mol. The number of hydrogen-bond donors (Lipinski definition) is 6.